The fourth-order valence-electron chi connectivity index (χ4n) is 4.11. The first kappa shape index (κ1) is 23.6. The highest BCUT2D eigenvalue weighted by Gasteiger charge is 2.29. The van der Waals surface area contributed by atoms with Crippen molar-refractivity contribution in [3.63, 3.8) is 0 Å². The summed E-state index contributed by atoms with van der Waals surface area (Å²) in [6, 6.07) is 11.4. The Morgan fingerprint density at radius 2 is 2.00 bits per heavy atom. The Kier molecular flexibility index (Phi) is 5.99. The molecule has 5 rings (SSSR count). The number of benzene rings is 1. The molecule has 0 saturated carbocycles. The summed E-state index contributed by atoms with van der Waals surface area (Å²) in [5.74, 6) is 0.805. The van der Waals surface area contributed by atoms with Gasteiger partial charge >= 0.3 is 6.09 Å². The molecule has 3 aromatic heterocycles. The molecule has 0 radical (unpaired) electrons. The topological polar surface area (TPSA) is 86.8 Å². The molecule has 0 atom stereocenters. The summed E-state index contributed by atoms with van der Waals surface area (Å²) in [6.45, 7) is 6.53. The molecule has 0 fully saturated rings. The smallest absolute Gasteiger partial charge is 0.410 e. The minimum Gasteiger partial charge on any atom is -0.487 e. The normalized spacial score (nSPS) is 13.5. The first-order chi connectivity index (χ1) is 17.2. The van der Waals surface area contributed by atoms with Crippen molar-refractivity contribution >= 4 is 17.1 Å². The molecule has 0 aliphatic carbocycles. The van der Waals surface area contributed by atoms with Gasteiger partial charge < -0.3 is 18.8 Å². The second-order valence-corrected chi connectivity index (χ2v) is 9.66. The number of carbonyl (C=O) groups excluding carboxylic acids is 1. The zero-order chi connectivity index (χ0) is 25.4. The summed E-state index contributed by atoms with van der Waals surface area (Å²) >= 11 is 0. The van der Waals surface area contributed by atoms with Crippen molar-refractivity contribution in [1.29, 1.82) is 0 Å². The van der Waals surface area contributed by atoms with E-state index < -0.39 is 11.4 Å². The van der Waals surface area contributed by atoms with E-state index in [1.165, 1.54) is 22.8 Å². The highest BCUT2D eigenvalue weighted by atomic mass is 19.1. The third-order valence-electron chi connectivity index (χ3n) is 5.81. The first-order valence-electron chi connectivity index (χ1n) is 11.6. The van der Waals surface area contributed by atoms with Crippen LogP contribution in [-0.2, 0) is 24.3 Å². The molecule has 8 nitrogen and oxygen atoms in total. The van der Waals surface area contributed by atoms with Crippen LogP contribution in [0.2, 0.25) is 0 Å². The first-order valence-corrected chi connectivity index (χ1v) is 11.6. The molecule has 1 aromatic carbocycles. The van der Waals surface area contributed by atoms with Crippen molar-refractivity contribution in [3.8, 4) is 11.4 Å². The largest absolute Gasteiger partial charge is 0.487 e. The van der Waals surface area contributed by atoms with Crippen molar-refractivity contribution in [1.82, 2.24) is 14.5 Å². The van der Waals surface area contributed by atoms with Gasteiger partial charge in [-0.3, -0.25) is 14.3 Å². The van der Waals surface area contributed by atoms with Gasteiger partial charge in [-0.25, -0.2) is 9.18 Å². The Labute approximate surface area is 206 Å². The lowest BCUT2D eigenvalue weighted by Crippen LogP contribution is -2.39. The molecule has 0 N–H and O–H groups in total. The highest BCUT2D eigenvalue weighted by Crippen LogP contribution is 2.32. The van der Waals surface area contributed by atoms with Gasteiger partial charge in [-0.15, -0.1) is 0 Å². The van der Waals surface area contributed by atoms with Crippen LogP contribution in [0.3, 0.4) is 0 Å². The van der Waals surface area contributed by atoms with Crippen LogP contribution in [0.15, 0.2) is 64.1 Å². The van der Waals surface area contributed by atoms with Crippen molar-refractivity contribution in [2.75, 3.05) is 6.54 Å². The number of rotatable bonds is 4. The van der Waals surface area contributed by atoms with E-state index in [1.54, 1.807) is 17.2 Å². The average molecular weight is 492 g/mol. The number of amides is 1. The van der Waals surface area contributed by atoms with Crippen LogP contribution in [0.1, 0.15) is 37.8 Å². The van der Waals surface area contributed by atoms with Gasteiger partial charge in [-0.2, -0.15) is 0 Å². The van der Waals surface area contributed by atoms with E-state index in [0.717, 1.165) is 22.9 Å². The van der Waals surface area contributed by atoms with Gasteiger partial charge in [-0.1, -0.05) is 0 Å². The number of halogens is 1. The molecule has 9 heteroatoms. The van der Waals surface area contributed by atoms with Gasteiger partial charge in [0.1, 0.15) is 35.1 Å². The van der Waals surface area contributed by atoms with Crippen LogP contribution in [0.4, 0.5) is 9.18 Å². The zero-order valence-electron chi connectivity index (χ0n) is 20.3. The maximum absolute atomic E-state index is 13.0. The summed E-state index contributed by atoms with van der Waals surface area (Å²) in [7, 11) is 0. The van der Waals surface area contributed by atoms with Crippen LogP contribution < -0.4 is 10.3 Å². The standard InChI is InChI=1S/C27H26FN3O5/c1-27(2,3)36-26(33)30-10-9-24-22(15-30)21-12-19(6-7-23(21)35-24)31-11-8-20(13-25(31)32)34-16-18-5-4-17(28)14-29-18/h4-8,11-14H,9-10,15-16H2,1-3H3. The molecule has 4 heterocycles. The molecule has 186 valence electrons. The van der Waals surface area contributed by atoms with E-state index in [9.17, 15) is 14.0 Å². The molecule has 1 amide bonds. The van der Waals surface area contributed by atoms with Crippen LogP contribution in [0.5, 0.6) is 5.75 Å². The monoisotopic (exact) mass is 491 g/mol. The van der Waals surface area contributed by atoms with Gasteiger partial charge in [0.25, 0.3) is 5.56 Å². The van der Waals surface area contributed by atoms with E-state index in [2.05, 4.69) is 4.98 Å². The number of hydrogen-bond donors (Lipinski definition) is 0. The third-order valence-corrected chi connectivity index (χ3v) is 5.81. The quantitative estimate of drug-likeness (QED) is 0.400. The van der Waals surface area contributed by atoms with Gasteiger partial charge in [0, 0.05) is 41.9 Å². The number of carbonyl (C=O) groups is 1. The van der Waals surface area contributed by atoms with Crippen molar-refractivity contribution < 1.29 is 23.1 Å². The number of hydrogen-bond acceptors (Lipinski definition) is 6. The summed E-state index contributed by atoms with van der Waals surface area (Å²) < 4.78 is 31.7. The Morgan fingerprint density at radius 3 is 2.72 bits per heavy atom. The molecule has 0 unspecified atom stereocenters. The fourth-order valence-corrected chi connectivity index (χ4v) is 4.11. The molecular weight excluding hydrogens is 465 g/mol. The lowest BCUT2D eigenvalue weighted by molar-refractivity contribution is 0.0220. The summed E-state index contributed by atoms with van der Waals surface area (Å²) in [5.41, 5.74) is 1.99. The van der Waals surface area contributed by atoms with Crippen LogP contribution >= 0.6 is 0 Å². The second-order valence-electron chi connectivity index (χ2n) is 9.66. The SMILES string of the molecule is CC(C)(C)OC(=O)N1CCc2oc3ccc(-n4ccc(OCc5ccc(F)cn5)cc4=O)cc3c2C1. The van der Waals surface area contributed by atoms with Crippen LogP contribution in [0.25, 0.3) is 16.7 Å². The summed E-state index contributed by atoms with van der Waals surface area (Å²) in [4.78, 5) is 31.1. The Morgan fingerprint density at radius 1 is 1.17 bits per heavy atom. The van der Waals surface area contributed by atoms with Crippen molar-refractivity contribution in [2.45, 2.75) is 45.9 Å². The molecular formula is C27H26FN3O5. The highest BCUT2D eigenvalue weighted by molar-refractivity contribution is 5.85. The third kappa shape index (κ3) is 4.95. The van der Waals surface area contributed by atoms with Crippen LogP contribution in [0, 0.1) is 5.82 Å². The fraction of sp³-hybridized carbons (Fsp3) is 0.296. The molecule has 1 aliphatic heterocycles. The van der Waals surface area contributed by atoms with Gasteiger partial charge in [0.05, 0.1) is 18.4 Å². The molecule has 36 heavy (non-hydrogen) atoms. The van der Waals surface area contributed by atoms with Crippen molar-refractivity contribution in [3.05, 3.63) is 88.0 Å². The Balaban J connectivity index is 1.37. The molecule has 0 bridgehead atoms. The number of furan rings is 1. The maximum atomic E-state index is 13.0. The average Bonchev–Trinajstić information content (AvgIpc) is 3.20. The molecule has 0 spiro atoms. The number of aromatic nitrogens is 2. The molecule has 4 aromatic rings. The number of pyridine rings is 2. The number of fused-ring (bicyclic) bond motifs is 3. The molecule has 0 saturated heterocycles. The van der Waals surface area contributed by atoms with Gasteiger partial charge in [-0.05, 0) is 57.2 Å². The van der Waals surface area contributed by atoms with Gasteiger partial charge in [0.2, 0.25) is 0 Å². The molecule has 1 aliphatic rings. The second kappa shape index (κ2) is 9.14. The van der Waals surface area contributed by atoms with E-state index in [1.807, 2.05) is 39.0 Å². The van der Waals surface area contributed by atoms with E-state index in [-0.39, 0.29) is 18.3 Å². The van der Waals surface area contributed by atoms with E-state index >= 15 is 0 Å². The maximum Gasteiger partial charge on any atom is 0.410 e. The predicted octanol–water partition coefficient (Wildman–Crippen LogP) is 4.99. The number of nitrogens with zero attached hydrogens (tertiary/aromatic N) is 3. The minimum absolute atomic E-state index is 0.116. The Hall–Kier alpha value is -4.14. The number of ether oxygens (including phenoxy) is 2. The summed E-state index contributed by atoms with van der Waals surface area (Å²) in [6.07, 6.45) is 2.99. The van der Waals surface area contributed by atoms with E-state index in [0.29, 0.717) is 42.2 Å². The zero-order valence-corrected chi connectivity index (χ0v) is 20.3. The summed E-state index contributed by atoms with van der Waals surface area (Å²) in [5, 5.41) is 0.852. The van der Waals surface area contributed by atoms with Crippen molar-refractivity contribution in [2.24, 2.45) is 0 Å². The lowest BCUT2D eigenvalue weighted by Gasteiger charge is -2.29. The Bertz CT molecular complexity index is 1480. The van der Waals surface area contributed by atoms with Crippen LogP contribution in [-0.4, -0.2) is 32.7 Å². The predicted molar refractivity (Wildman–Crippen MR) is 131 cm³/mol. The van der Waals surface area contributed by atoms with E-state index in [4.69, 9.17) is 13.9 Å². The lowest BCUT2D eigenvalue weighted by atomic mass is 10.0. The minimum atomic E-state index is -0.574. The van der Waals surface area contributed by atoms with Gasteiger partial charge in [0.15, 0.2) is 0 Å².